The summed E-state index contributed by atoms with van der Waals surface area (Å²) in [5.74, 6) is 1.79. The molecule has 0 radical (unpaired) electrons. The lowest BCUT2D eigenvalue weighted by atomic mass is 10.0. The number of hydrogen-bond donors (Lipinski definition) is 2. The van der Waals surface area contributed by atoms with Crippen LogP contribution in [0.25, 0.3) is 10.8 Å². The van der Waals surface area contributed by atoms with Crippen LogP contribution in [0.2, 0.25) is 0 Å². The fourth-order valence-corrected chi connectivity index (χ4v) is 2.45. The van der Waals surface area contributed by atoms with Crippen molar-refractivity contribution < 1.29 is 0 Å². The van der Waals surface area contributed by atoms with Crippen LogP contribution < -0.4 is 10.6 Å². The van der Waals surface area contributed by atoms with Crippen LogP contribution >= 0.6 is 0 Å². The summed E-state index contributed by atoms with van der Waals surface area (Å²) in [6.07, 6.45) is 0. The second-order valence-corrected chi connectivity index (χ2v) is 4.93. The third-order valence-corrected chi connectivity index (χ3v) is 3.45. The Morgan fingerprint density at radius 1 is 0.810 bits per heavy atom. The Kier molecular flexibility index (Phi) is 4.01. The molecule has 2 aromatic carbocycles. The Bertz CT molecular complexity index is 732. The van der Waals surface area contributed by atoms with E-state index < -0.39 is 0 Å². The van der Waals surface area contributed by atoms with Crippen molar-refractivity contribution in [2.75, 3.05) is 17.2 Å². The second-order valence-electron chi connectivity index (χ2n) is 4.93. The van der Waals surface area contributed by atoms with E-state index in [1.54, 1.807) is 0 Å². The molecular weight excluding hydrogens is 258 g/mol. The fourth-order valence-electron chi connectivity index (χ4n) is 2.45. The van der Waals surface area contributed by atoms with Crippen LogP contribution in [0.15, 0.2) is 60.7 Å². The number of aromatic nitrogens is 1. The van der Waals surface area contributed by atoms with E-state index in [0.29, 0.717) is 0 Å². The van der Waals surface area contributed by atoms with Crippen molar-refractivity contribution in [2.24, 2.45) is 0 Å². The predicted octanol–water partition coefficient (Wildman–Crippen LogP) is 4.28. The zero-order valence-electron chi connectivity index (χ0n) is 12.1. The molecular formula is C18H19N3. The number of hydrogen-bond acceptors (Lipinski definition) is 3. The van der Waals surface area contributed by atoms with Gasteiger partial charge in [-0.3, -0.25) is 0 Å². The average Bonchev–Trinajstić information content (AvgIpc) is 2.53. The van der Waals surface area contributed by atoms with Gasteiger partial charge >= 0.3 is 0 Å². The van der Waals surface area contributed by atoms with Crippen LogP contribution in [-0.2, 0) is 6.54 Å². The maximum absolute atomic E-state index is 4.54. The molecule has 3 aromatic rings. The summed E-state index contributed by atoms with van der Waals surface area (Å²) >= 11 is 0. The first-order chi connectivity index (χ1) is 10.4. The Balaban J connectivity index is 1.79. The zero-order valence-corrected chi connectivity index (χ0v) is 12.1. The second kappa shape index (κ2) is 6.27. The zero-order chi connectivity index (χ0) is 14.5. The normalized spacial score (nSPS) is 10.5. The lowest BCUT2D eigenvalue weighted by molar-refractivity contribution is 1.10. The van der Waals surface area contributed by atoms with Gasteiger partial charge in [0.05, 0.1) is 0 Å². The molecule has 3 rings (SSSR count). The van der Waals surface area contributed by atoms with E-state index in [1.165, 1.54) is 16.3 Å². The molecule has 0 unspecified atom stereocenters. The molecule has 1 heterocycles. The molecule has 0 aliphatic rings. The molecule has 0 aliphatic heterocycles. The summed E-state index contributed by atoms with van der Waals surface area (Å²) in [5, 5.41) is 9.18. The maximum Gasteiger partial charge on any atom is 0.128 e. The van der Waals surface area contributed by atoms with Crippen LogP contribution in [-0.4, -0.2) is 11.5 Å². The van der Waals surface area contributed by atoms with Crippen molar-refractivity contribution in [2.45, 2.75) is 13.5 Å². The van der Waals surface area contributed by atoms with E-state index in [0.717, 1.165) is 24.7 Å². The number of rotatable bonds is 5. The first-order valence-corrected chi connectivity index (χ1v) is 7.28. The Labute approximate surface area is 125 Å². The van der Waals surface area contributed by atoms with Crippen LogP contribution in [0.3, 0.4) is 0 Å². The van der Waals surface area contributed by atoms with Gasteiger partial charge in [-0.25, -0.2) is 4.98 Å². The van der Waals surface area contributed by atoms with Gasteiger partial charge in [-0.05, 0) is 35.4 Å². The van der Waals surface area contributed by atoms with Crippen LogP contribution in [0, 0.1) is 0 Å². The fraction of sp³-hybridized carbons (Fsp3) is 0.167. The molecule has 0 aliphatic carbocycles. The number of pyridine rings is 1. The molecule has 3 heteroatoms. The molecule has 0 spiro atoms. The molecule has 21 heavy (non-hydrogen) atoms. The van der Waals surface area contributed by atoms with Crippen molar-refractivity contribution in [1.82, 2.24) is 4.98 Å². The van der Waals surface area contributed by atoms with E-state index in [2.05, 4.69) is 65.0 Å². The summed E-state index contributed by atoms with van der Waals surface area (Å²) in [4.78, 5) is 4.54. The Morgan fingerprint density at radius 2 is 1.52 bits per heavy atom. The first kappa shape index (κ1) is 13.4. The third-order valence-electron chi connectivity index (χ3n) is 3.45. The van der Waals surface area contributed by atoms with E-state index >= 15 is 0 Å². The molecule has 1 aromatic heterocycles. The van der Waals surface area contributed by atoms with Crippen molar-refractivity contribution in [3.63, 3.8) is 0 Å². The number of nitrogens with one attached hydrogen (secondary N) is 2. The SMILES string of the molecule is CCNc1cccc(NCc2cccc3ccccc23)n1. The smallest absolute Gasteiger partial charge is 0.128 e. The molecule has 0 amide bonds. The van der Waals surface area contributed by atoms with Crippen molar-refractivity contribution in [1.29, 1.82) is 0 Å². The van der Waals surface area contributed by atoms with Crippen LogP contribution in [0.4, 0.5) is 11.6 Å². The van der Waals surface area contributed by atoms with Gasteiger partial charge in [0.25, 0.3) is 0 Å². The van der Waals surface area contributed by atoms with Gasteiger partial charge in [-0.1, -0.05) is 48.5 Å². The predicted molar refractivity (Wildman–Crippen MR) is 89.7 cm³/mol. The van der Waals surface area contributed by atoms with E-state index in [9.17, 15) is 0 Å². The molecule has 106 valence electrons. The molecule has 2 N–H and O–H groups in total. The Hall–Kier alpha value is -2.55. The maximum atomic E-state index is 4.54. The minimum Gasteiger partial charge on any atom is -0.370 e. The molecule has 0 atom stereocenters. The van der Waals surface area contributed by atoms with Crippen LogP contribution in [0.1, 0.15) is 12.5 Å². The highest BCUT2D eigenvalue weighted by Gasteiger charge is 2.01. The highest BCUT2D eigenvalue weighted by atomic mass is 15.1. The highest BCUT2D eigenvalue weighted by molar-refractivity contribution is 5.85. The van der Waals surface area contributed by atoms with Crippen molar-refractivity contribution in [3.05, 3.63) is 66.2 Å². The topological polar surface area (TPSA) is 37.0 Å². The van der Waals surface area contributed by atoms with E-state index in [-0.39, 0.29) is 0 Å². The number of benzene rings is 2. The quantitative estimate of drug-likeness (QED) is 0.731. The average molecular weight is 277 g/mol. The van der Waals surface area contributed by atoms with Gasteiger partial charge in [0.2, 0.25) is 0 Å². The first-order valence-electron chi connectivity index (χ1n) is 7.28. The molecule has 0 fully saturated rings. The standard InChI is InChI=1S/C18H19N3/c1-2-19-17-11-6-12-18(21-17)20-13-15-9-5-8-14-7-3-4-10-16(14)15/h3-12H,2,13H2,1H3,(H2,19,20,21). The molecule has 0 saturated heterocycles. The van der Waals surface area contributed by atoms with Gasteiger partial charge in [0, 0.05) is 13.1 Å². The number of nitrogens with zero attached hydrogens (tertiary/aromatic N) is 1. The number of fused-ring (bicyclic) bond motifs is 1. The summed E-state index contributed by atoms with van der Waals surface area (Å²) < 4.78 is 0. The summed E-state index contributed by atoms with van der Waals surface area (Å²) in [6.45, 7) is 3.71. The van der Waals surface area contributed by atoms with Gasteiger partial charge < -0.3 is 10.6 Å². The minimum atomic E-state index is 0.768. The Morgan fingerprint density at radius 3 is 2.38 bits per heavy atom. The molecule has 0 bridgehead atoms. The van der Waals surface area contributed by atoms with Gasteiger partial charge in [0.15, 0.2) is 0 Å². The summed E-state index contributed by atoms with van der Waals surface area (Å²) in [5.41, 5.74) is 1.28. The molecule has 3 nitrogen and oxygen atoms in total. The molecule has 0 saturated carbocycles. The van der Waals surface area contributed by atoms with Gasteiger partial charge in [-0.15, -0.1) is 0 Å². The number of anilines is 2. The van der Waals surface area contributed by atoms with E-state index in [4.69, 9.17) is 0 Å². The van der Waals surface area contributed by atoms with E-state index in [1.807, 2.05) is 18.2 Å². The lowest BCUT2D eigenvalue weighted by Crippen LogP contribution is -2.04. The summed E-state index contributed by atoms with van der Waals surface area (Å²) in [6, 6.07) is 20.8. The third kappa shape index (κ3) is 3.14. The van der Waals surface area contributed by atoms with Gasteiger partial charge in [-0.2, -0.15) is 0 Å². The highest BCUT2D eigenvalue weighted by Crippen LogP contribution is 2.19. The summed E-state index contributed by atoms with van der Waals surface area (Å²) in [7, 11) is 0. The monoisotopic (exact) mass is 277 g/mol. The van der Waals surface area contributed by atoms with Crippen molar-refractivity contribution >= 4 is 22.4 Å². The van der Waals surface area contributed by atoms with Crippen molar-refractivity contribution in [3.8, 4) is 0 Å². The minimum absolute atomic E-state index is 0.768. The lowest BCUT2D eigenvalue weighted by Gasteiger charge is -2.10. The van der Waals surface area contributed by atoms with Gasteiger partial charge in [0.1, 0.15) is 11.6 Å². The largest absolute Gasteiger partial charge is 0.370 e. The van der Waals surface area contributed by atoms with Crippen LogP contribution in [0.5, 0.6) is 0 Å².